The van der Waals surface area contributed by atoms with Crippen LogP contribution in [0.3, 0.4) is 0 Å². The summed E-state index contributed by atoms with van der Waals surface area (Å²) >= 11 is 10.8. The minimum Gasteiger partial charge on any atom is -0.491 e. The van der Waals surface area contributed by atoms with Crippen molar-refractivity contribution in [1.82, 2.24) is 0 Å². The van der Waals surface area contributed by atoms with Gasteiger partial charge in [0.1, 0.15) is 17.3 Å². The van der Waals surface area contributed by atoms with Crippen LogP contribution in [0.15, 0.2) is 18.2 Å². The predicted molar refractivity (Wildman–Crippen MR) is 69.3 cm³/mol. The lowest BCUT2D eigenvalue weighted by Crippen LogP contribution is -2.16. The Hall–Kier alpha value is -0.840. The zero-order chi connectivity index (χ0) is 12.1. The molecule has 1 aromatic carbocycles. The van der Waals surface area contributed by atoms with Crippen molar-refractivity contribution in [3.8, 4) is 5.75 Å². The van der Waals surface area contributed by atoms with Crippen LogP contribution in [0.4, 0.5) is 0 Å². The van der Waals surface area contributed by atoms with E-state index in [1.165, 1.54) is 0 Å². The van der Waals surface area contributed by atoms with Crippen LogP contribution >= 0.6 is 23.8 Å². The Morgan fingerprint density at radius 2 is 2.25 bits per heavy atom. The number of methoxy groups -OCH3 is 1. The molecule has 0 radical (unpaired) electrons. The van der Waals surface area contributed by atoms with Crippen molar-refractivity contribution in [2.45, 2.75) is 13.0 Å². The molecule has 1 rings (SSSR count). The highest BCUT2D eigenvalue weighted by Crippen LogP contribution is 2.22. The van der Waals surface area contributed by atoms with Gasteiger partial charge in [-0.1, -0.05) is 23.8 Å². The third-order valence-corrected chi connectivity index (χ3v) is 2.63. The van der Waals surface area contributed by atoms with Gasteiger partial charge in [0, 0.05) is 12.7 Å². The Labute approximate surface area is 105 Å². The Balaban J connectivity index is 2.70. The van der Waals surface area contributed by atoms with Crippen LogP contribution in [0.25, 0.3) is 0 Å². The molecule has 0 aromatic heterocycles. The summed E-state index contributed by atoms with van der Waals surface area (Å²) in [6, 6.07) is 5.22. The molecule has 0 spiro atoms. The van der Waals surface area contributed by atoms with E-state index in [-0.39, 0.29) is 11.1 Å². The molecular weight excluding hydrogens is 246 g/mol. The Morgan fingerprint density at radius 1 is 1.56 bits per heavy atom. The molecular formula is C11H14ClNO2S. The molecule has 0 bridgehead atoms. The standard InChI is InChI=1S/C11H14ClNO2S/c1-7(14-2)6-15-8-3-4-9(11(13)16)10(12)5-8/h3-5,7H,6H2,1-2H3,(H2,13,16). The molecule has 0 aliphatic rings. The number of ether oxygens (including phenoxy) is 2. The minimum absolute atomic E-state index is 0.0361. The second-order valence-electron chi connectivity index (χ2n) is 3.36. The van der Waals surface area contributed by atoms with Gasteiger partial charge in [-0.05, 0) is 25.1 Å². The van der Waals surface area contributed by atoms with E-state index in [0.29, 0.717) is 22.9 Å². The normalized spacial score (nSPS) is 12.2. The summed E-state index contributed by atoms with van der Waals surface area (Å²) in [7, 11) is 1.64. The van der Waals surface area contributed by atoms with Gasteiger partial charge in [-0.3, -0.25) is 0 Å². The third kappa shape index (κ3) is 3.63. The summed E-state index contributed by atoms with van der Waals surface area (Å²) in [6.07, 6.45) is 0.0361. The molecule has 0 heterocycles. The maximum Gasteiger partial charge on any atom is 0.120 e. The topological polar surface area (TPSA) is 44.5 Å². The van der Waals surface area contributed by atoms with Crippen LogP contribution in [-0.2, 0) is 4.74 Å². The first-order chi connectivity index (χ1) is 7.54. The number of benzene rings is 1. The van der Waals surface area contributed by atoms with Crippen LogP contribution in [0, 0.1) is 0 Å². The van der Waals surface area contributed by atoms with Gasteiger partial charge in [0.2, 0.25) is 0 Å². The Bertz CT molecular complexity index is 384. The predicted octanol–water partition coefficient (Wildman–Crippen LogP) is 2.39. The molecule has 5 heteroatoms. The lowest BCUT2D eigenvalue weighted by molar-refractivity contribution is 0.0717. The zero-order valence-electron chi connectivity index (χ0n) is 9.20. The number of thiocarbonyl (C=S) groups is 1. The summed E-state index contributed by atoms with van der Waals surface area (Å²) < 4.78 is 10.5. The van der Waals surface area contributed by atoms with Gasteiger partial charge < -0.3 is 15.2 Å². The van der Waals surface area contributed by atoms with Crippen molar-refractivity contribution in [2.75, 3.05) is 13.7 Å². The summed E-state index contributed by atoms with van der Waals surface area (Å²) in [4.78, 5) is 0.279. The molecule has 1 aromatic rings. The highest BCUT2D eigenvalue weighted by Gasteiger charge is 2.06. The van der Waals surface area contributed by atoms with Gasteiger partial charge in [-0.2, -0.15) is 0 Å². The second kappa shape index (κ2) is 6.03. The smallest absolute Gasteiger partial charge is 0.120 e. The van der Waals surface area contributed by atoms with E-state index >= 15 is 0 Å². The summed E-state index contributed by atoms with van der Waals surface area (Å²) in [5, 5.41) is 0.495. The molecule has 1 atom stereocenters. The first-order valence-electron chi connectivity index (χ1n) is 4.79. The van der Waals surface area contributed by atoms with E-state index in [2.05, 4.69) is 0 Å². The molecule has 0 saturated heterocycles. The van der Waals surface area contributed by atoms with E-state index in [0.717, 1.165) is 0 Å². The fourth-order valence-corrected chi connectivity index (χ4v) is 1.57. The van der Waals surface area contributed by atoms with Gasteiger partial charge >= 0.3 is 0 Å². The molecule has 0 saturated carbocycles. The number of hydrogen-bond acceptors (Lipinski definition) is 3. The first kappa shape index (κ1) is 13.2. The van der Waals surface area contributed by atoms with Gasteiger partial charge in [0.05, 0.1) is 11.1 Å². The highest BCUT2D eigenvalue weighted by molar-refractivity contribution is 7.80. The summed E-state index contributed by atoms with van der Waals surface area (Å²) in [6.45, 7) is 2.39. The van der Waals surface area contributed by atoms with Gasteiger partial charge in [0.25, 0.3) is 0 Å². The largest absolute Gasteiger partial charge is 0.491 e. The fourth-order valence-electron chi connectivity index (χ4n) is 1.07. The zero-order valence-corrected chi connectivity index (χ0v) is 10.8. The average molecular weight is 260 g/mol. The Kier molecular flexibility index (Phi) is 4.99. The van der Waals surface area contributed by atoms with Crippen LogP contribution in [0.5, 0.6) is 5.75 Å². The summed E-state index contributed by atoms with van der Waals surface area (Å²) in [5.41, 5.74) is 6.15. The summed E-state index contributed by atoms with van der Waals surface area (Å²) in [5.74, 6) is 0.675. The molecule has 3 nitrogen and oxygen atoms in total. The molecule has 0 amide bonds. The van der Waals surface area contributed by atoms with E-state index in [9.17, 15) is 0 Å². The van der Waals surface area contributed by atoms with E-state index in [1.54, 1.807) is 25.3 Å². The molecule has 2 N–H and O–H groups in total. The van der Waals surface area contributed by atoms with Crippen LogP contribution < -0.4 is 10.5 Å². The van der Waals surface area contributed by atoms with Crippen LogP contribution in [0.2, 0.25) is 5.02 Å². The maximum absolute atomic E-state index is 5.99. The number of nitrogens with two attached hydrogens (primary N) is 1. The van der Waals surface area contributed by atoms with Crippen molar-refractivity contribution >= 4 is 28.8 Å². The van der Waals surface area contributed by atoms with Crippen LogP contribution in [-0.4, -0.2) is 24.8 Å². The average Bonchev–Trinajstić information content (AvgIpc) is 2.25. The van der Waals surface area contributed by atoms with E-state index < -0.39 is 0 Å². The van der Waals surface area contributed by atoms with Crippen molar-refractivity contribution in [3.63, 3.8) is 0 Å². The fraction of sp³-hybridized carbons (Fsp3) is 0.364. The van der Waals surface area contributed by atoms with Crippen molar-refractivity contribution in [1.29, 1.82) is 0 Å². The lowest BCUT2D eigenvalue weighted by Gasteiger charge is -2.12. The number of hydrogen-bond donors (Lipinski definition) is 1. The first-order valence-corrected chi connectivity index (χ1v) is 5.58. The van der Waals surface area contributed by atoms with E-state index in [4.69, 9.17) is 39.0 Å². The SMILES string of the molecule is COC(C)COc1ccc(C(N)=S)c(Cl)c1. The van der Waals surface area contributed by atoms with Gasteiger partial charge in [-0.25, -0.2) is 0 Å². The molecule has 1 unspecified atom stereocenters. The second-order valence-corrected chi connectivity index (χ2v) is 4.21. The monoisotopic (exact) mass is 259 g/mol. The van der Waals surface area contributed by atoms with Crippen molar-refractivity contribution in [3.05, 3.63) is 28.8 Å². The maximum atomic E-state index is 5.99. The highest BCUT2D eigenvalue weighted by atomic mass is 35.5. The molecule has 16 heavy (non-hydrogen) atoms. The van der Waals surface area contributed by atoms with Gasteiger partial charge in [0.15, 0.2) is 0 Å². The quantitative estimate of drug-likeness (QED) is 0.825. The van der Waals surface area contributed by atoms with E-state index in [1.807, 2.05) is 6.92 Å². The van der Waals surface area contributed by atoms with Crippen molar-refractivity contribution < 1.29 is 9.47 Å². The molecule has 0 fully saturated rings. The molecule has 0 aliphatic heterocycles. The Morgan fingerprint density at radius 3 is 2.75 bits per heavy atom. The van der Waals surface area contributed by atoms with Crippen molar-refractivity contribution in [2.24, 2.45) is 5.73 Å². The molecule has 88 valence electrons. The lowest BCUT2D eigenvalue weighted by atomic mass is 10.2. The van der Waals surface area contributed by atoms with Crippen LogP contribution in [0.1, 0.15) is 12.5 Å². The third-order valence-electron chi connectivity index (χ3n) is 2.09. The molecule has 0 aliphatic carbocycles. The minimum atomic E-state index is 0.0361. The van der Waals surface area contributed by atoms with Gasteiger partial charge in [-0.15, -0.1) is 0 Å². The number of rotatable bonds is 5. The number of halogens is 1.